The van der Waals surface area contributed by atoms with Gasteiger partial charge in [-0.2, -0.15) is 13.2 Å². The van der Waals surface area contributed by atoms with Crippen molar-refractivity contribution in [3.8, 4) is 0 Å². The number of hydrogen-bond donors (Lipinski definition) is 1. The largest absolute Gasteiger partial charge is 0.416 e. The Morgan fingerprint density at radius 1 is 0.842 bits per heavy atom. The molecule has 7 rings (SSSR count). The Balaban J connectivity index is 1.37. The fourth-order valence-corrected chi connectivity index (χ4v) is 7.27. The smallest absolute Gasteiger partial charge is 0.323 e. The molecule has 3 amide bonds. The van der Waals surface area contributed by atoms with E-state index in [1.165, 1.54) is 0 Å². The van der Waals surface area contributed by atoms with E-state index in [4.69, 9.17) is 34.8 Å². The second-order valence-electron chi connectivity index (χ2n) is 9.47. The molecule has 0 unspecified atom stereocenters. The molecule has 1 saturated heterocycles. The minimum absolute atomic E-state index is 0.137. The average molecular weight is 580 g/mol. The van der Waals surface area contributed by atoms with Gasteiger partial charge in [-0.3, -0.25) is 19.3 Å². The summed E-state index contributed by atoms with van der Waals surface area (Å²) in [6.45, 7) is -0.746. The first-order valence-corrected chi connectivity index (χ1v) is 12.6. The van der Waals surface area contributed by atoms with Gasteiger partial charge in [-0.05, 0) is 40.5 Å². The summed E-state index contributed by atoms with van der Waals surface area (Å²) in [5.74, 6) is -4.46. The van der Waals surface area contributed by atoms with E-state index < -0.39 is 57.6 Å². The van der Waals surface area contributed by atoms with Crippen LogP contribution in [0.3, 0.4) is 0 Å². The Morgan fingerprint density at radius 3 is 1.71 bits per heavy atom. The zero-order valence-corrected chi connectivity index (χ0v) is 21.4. The van der Waals surface area contributed by atoms with Crippen LogP contribution in [-0.4, -0.2) is 29.2 Å². The number of alkyl halides is 5. The van der Waals surface area contributed by atoms with Gasteiger partial charge in [-0.15, -0.1) is 23.2 Å². The van der Waals surface area contributed by atoms with Gasteiger partial charge < -0.3 is 5.32 Å². The van der Waals surface area contributed by atoms with Crippen molar-refractivity contribution in [1.82, 2.24) is 4.90 Å². The number of likely N-dealkylation sites (tertiary alicyclic amines) is 1. The molecule has 0 aromatic heterocycles. The van der Waals surface area contributed by atoms with Crippen molar-refractivity contribution in [3.05, 3.63) is 99.6 Å². The number of rotatable bonds is 3. The minimum Gasteiger partial charge on any atom is -0.323 e. The second kappa shape index (κ2) is 8.21. The molecule has 0 spiro atoms. The maximum atomic E-state index is 13.8. The third kappa shape index (κ3) is 3.23. The molecule has 3 aromatic rings. The van der Waals surface area contributed by atoms with Crippen molar-refractivity contribution >= 4 is 58.2 Å². The first-order chi connectivity index (χ1) is 17.9. The highest BCUT2D eigenvalue weighted by atomic mass is 35.5. The fourth-order valence-electron chi connectivity index (χ4n) is 6.01. The molecule has 0 radical (unpaired) electrons. The number of benzene rings is 3. The van der Waals surface area contributed by atoms with Crippen molar-refractivity contribution in [1.29, 1.82) is 0 Å². The fraction of sp³-hybridized carbons (Fsp3) is 0.222. The number of amides is 3. The molecule has 2 bridgehead atoms. The summed E-state index contributed by atoms with van der Waals surface area (Å²) in [7, 11) is 0. The third-order valence-corrected chi connectivity index (χ3v) is 9.16. The monoisotopic (exact) mass is 578 g/mol. The van der Waals surface area contributed by atoms with Crippen molar-refractivity contribution < 1.29 is 27.6 Å². The van der Waals surface area contributed by atoms with E-state index in [2.05, 4.69) is 5.32 Å². The lowest BCUT2D eigenvalue weighted by Crippen LogP contribution is -2.57. The molecule has 1 fully saturated rings. The molecule has 1 heterocycles. The molecule has 11 heteroatoms. The van der Waals surface area contributed by atoms with E-state index in [9.17, 15) is 27.6 Å². The molecular formula is C27H16Cl3F3N2O3. The van der Waals surface area contributed by atoms with Crippen molar-refractivity contribution in [2.24, 2.45) is 11.8 Å². The van der Waals surface area contributed by atoms with Crippen LogP contribution >= 0.6 is 34.8 Å². The van der Waals surface area contributed by atoms with Gasteiger partial charge in [0.25, 0.3) is 0 Å². The summed E-state index contributed by atoms with van der Waals surface area (Å²) in [6, 6.07) is 16.6. The van der Waals surface area contributed by atoms with Gasteiger partial charge in [-0.1, -0.05) is 60.1 Å². The van der Waals surface area contributed by atoms with Gasteiger partial charge in [0.15, 0.2) is 0 Å². The number of nitrogens with zero attached hydrogens (tertiary/aromatic N) is 1. The van der Waals surface area contributed by atoms with E-state index in [1.54, 1.807) is 48.5 Å². The Morgan fingerprint density at radius 2 is 1.29 bits per heavy atom. The van der Waals surface area contributed by atoms with Gasteiger partial charge in [0.05, 0.1) is 28.1 Å². The van der Waals surface area contributed by atoms with Crippen LogP contribution in [0, 0.1) is 11.8 Å². The minimum atomic E-state index is -4.66. The van der Waals surface area contributed by atoms with Crippen LogP contribution in [-0.2, 0) is 30.3 Å². The van der Waals surface area contributed by atoms with E-state index >= 15 is 0 Å². The highest BCUT2D eigenvalue weighted by Crippen LogP contribution is 2.69. The van der Waals surface area contributed by atoms with Crippen molar-refractivity contribution in [2.75, 3.05) is 11.9 Å². The summed E-state index contributed by atoms with van der Waals surface area (Å²) >= 11 is 20.6. The number of carbonyl (C=O) groups is 3. The third-order valence-electron chi connectivity index (χ3n) is 7.55. The predicted molar refractivity (Wildman–Crippen MR) is 135 cm³/mol. The van der Waals surface area contributed by atoms with Gasteiger partial charge in [0.2, 0.25) is 17.7 Å². The predicted octanol–water partition coefficient (Wildman–Crippen LogP) is 5.89. The van der Waals surface area contributed by atoms with E-state index in [-0.39, 0.29) is 10.7 Å². The van der Waals surface area contributed by atoms with Gasteiger partial charge in [0.1, 0.15) is 16.3 Å². The van der Waals surface area contributed by atoms with Crippen molar-refractivity contribution in [2.45, 2.75) is 15.9 Å². The zero-order valence-electron chi connectivity index (χ0n) is 19.2. The molecule has 3 aromatic carbocycles. The quantitative estimate of drug-likeness (QED) is 0.311. The van der Waals surface area contributed by atoms with Gasteiger partial charge >= 0.3 is 6.18 Å². The van der Waals surface area contributed by atoms with Gasteiger partial charge in [0, 0.05) is 0 Å². The molecule has 3 aliphatic carbocycles. The first kappa shape index (κ1) is 25.2. The molecule has 5 nitrogen and oxygen atoms in total. The summed E-state index contributed by atoms with van der Waals surface area (Å²) in [5.41, 5.74) is 1.13. The van der Waals surface area contributed by atoms with Crippen LogP contribution in [0.15, 0.2) is 66.7 Å². The molecule has 1 N–H and O–H groups in total. The van der Waals surface area contributed by atoms with Crippen LogP contribution in [0.5, 0.6) is 0 Å². The molecule has 1 aliphatic heterocycles. The highest BCUT2D eigenvalue weighted by molar-refractivity contribution is 6.36. The Kier molecular flexibility index (Phi) is 5.45. The van der Waals surface area contributed by atoms with E-state index in [0.717, 1.165) is 17.0 Å². The molecule has 38 heavy (non-hydrogen) atoms. The Labute approximate surface area is 229 Å². The second-order valence-corrected chi connectivity index (χ2v) is 11.1. The number of nitrogens with one attached hydrogen (secondary N) is 1. The zero-order chi connectivity index (χ0) is 27.2. The summed E-state index contributed by atoms with van der Waals surface area (Å²) in [6.07, 6.45) is -4.66. The maximum absolute atomic E-state index is 13.8. The van der Waals surface area contributed by atoms with Crippen LogP contribution in [0.25, 0.3) is 0 Å². The standard InChI is InChI=1S/C27H16Cl3F3N2O3/c28-18-10-9-13(27(31,32)33)11-19(18)34-20(36)12-35-23(37)21-22(24(35)38)26(30)15-6-2-1-5-14(15)25(21,29)16-7-3-4-8-17(16)26/h1-11,21-22H,12H2,(H,34,36)/t21-,22-,25?,26?/m0/s1. The van der Waals surface area contributed by atoms with Crippen LogP contribution < -0.4 is 5.32 Å². The van der Waals surface area contributed by atoms with Crippen LogP contribution in [0.1, 0.15) is 27.8 Å². The Bertz CT molecular complexity index is 1440. The number of imide groups is 1. The maximum Gasteiger partial charge on any atom is 0.416 e. The number of halogens is 6. The lowest BCUT2D eigenvalue weighted by molar-refractivity contribution is -0.142. The van der Waals surface area contributed by atoms with Crippen LogP contribution in [0.2, 0.25) is 5.02 Å². The first-order valence-electron chi connectivity index (χ1n) is 11.5. The average Bonchev–Trinajstić information content (AvgIpc) is 3.14. The number of anilines is 1. The number of hydrogen-bond acceptors (Lipinski definition) is 3. The summed E-state index contributed by atoms with van der Waals surface area (Å²) < 4.78 is 39.4. The van der Waals surface area contributed by atoms with E-state index in [1.807, 2.05) is 0 Å². The Hall–Kier alpha value is -3.07. The van der Waals surface area contributed by atoms with E-state index in [0.29, 0.717) is 28.3 Å². The number of carbonyl (C=O) groups excluding carboxylic acids is 3. The topological polar surface area (TPSA) is 66.5 Å². The lowest BCUT2D eigenvalue weighted by atomic mass is 9.54. The normalized spacial score (nSPS) is 27.2. The summed E-state index contributed by atoms with van der Waals surface area (Å²) in [5, 5.41) is 2.14. The highest BCUT2D eigenvalue weighted by Gasteiger charge is 2.73. The van der Waals surface area contributed by atoms with Crippen LogP contribution in [0.4, 0.5) is 18.9 Å². The SMILES string of the molecule is O=C(CN1C(=O)[C@@H]2[C@@H](C1=O)C1(Cl)c3ccccc3C2(Cl)c2ccccc21)Nc1cc(C(F)(F)F)ccc1Cl. The molecular weight excluding hydrogens is 564 g/mol. The lowest BCUT2D eigenvalue weighted by Gasteiger charge is -2.54. The summed E-state index contributed by atoms with van der Waals surface area (Å²) in [4.78, 5) is 38.4. The van der Waals surface area contributed by atoms with Crippen molar-refractivity contribution in [3.63, 3.8) is 0 Å². The van der Waals surface area contributed by atoms with Gasteiger partial charge in [-0.25, -0.2) is 0 Å². The molecule has 194 valence electrons. The molecule has 4 aliphatic rings. The molecule has 0 saturated carbocycles. The molecule has 2 atom stereocenters.